The fraction of sp³-hybridized carbons (Fsp3) is 0.500. The number of hydrogen-bond acceptors (Lipinski definition) is 4. The Morgan fingerprint density at radius 3 is 2.89 bits per heavy atom. The standard InChI is InChI=1S/C12H15F2N3O2/c13-12(14)8-16-6-5-9(7-16)15-10-3-1-2-4-11(10)17(18)19/h1-4,9,12,15H,5-8H2/t9-/m1/s1. The van der Waals surface area contributed by atoms with Gasteiger partial charge in [0.05, 0.1) is 11.5 Å². The molecule has 1 fully saturated rings. The smallest absolute Gasteiger partial charge is 0.292 e. The highest BCUT2D eigenvalue weighted by Crippen LogP contribution is 2.25. The molecule has 1 aromatic rings. The number of hydrogen-bond donors (Lipinski definition) is 1. The highest BCUT2D eigenvalue weighted by Gasteiger charge is 2.26. The van der Waals surface area contributed by atoms with Crippen molar-refractivity contribution in [2.45, 2.75) is 18.9 Å². The molecule has 0 radical (unpaired) electrons. The van der Waals surface area contributed by atoms with Crippen molar-refractivity contribution >= 4 is 11.4 Å². The minimum atomic E-state index is -2.34. The first-order valence-corrected chi connectivity index (χ1v) is 6.06. The molecule has 1 aliphatic heterocycles. The molecule has 1 aliphatic rings. The van der Waals surface area contributed by atoms with Crippen molar-refractivity contribution in [2.24, 2.45) is 0 Å². The molecule has 0 bridgehead atoms. The number of halogens is 2. The molecule has 19 heavy (non-hydrogen) atoms. The Bertz CT molecular complexity index is 456. The third-order valence-corrected chi connectivity index (χ3v) is 3.13. The molecule has 0 aliphatic carbocycles. The molecule has 1 heterocycles. The average molecular weight is 271 g/mol. The van der Waals surface area contributed by atoms with E-state index in [-0.39, 0.29) is 18.3 Å². The normalized spacial score (nSPS) is 19.8. The Balaban J connectivity index is 1.97. The number of likely N-dealkylation sites (tertiary alicyclic amines) is 1. The maximum Gasteiger partial charge on any atom is 0.292 e. The van der Waals surface area contributed by atoms with Gasteiger partial charge in [-0.25, -0.2) is 8.78 Å². The Morgan fingerprint density at radius 2 is 2.21 bits per heavy atom. The van der Waals surface area contributed by atoms with Crippen LogP contribution in [0.25, 0.3) is 0 Å². The number of nitrogens with zero attached hydrogens (tertiary/aromatic N) is 2. The number of para-hydroxylation sites is 2. The van der Waals surface area contributed by atoms with Crippen molar-refractivity contribution in [2.75, 3.05) is 25.0 Å². The van der Waals surface area contributed by atoms with Gasteiger partial charge in [-0.15, -0.1) is 0 Å². The molecule has 1 aromatic carbocycles. The largest absolute Gasteiger partial charge is 0.375 e. The monoisotopic (exact) mass is 271 g/mol. The predicted octanol–water partition coefficient (Wildman–Crippen LogP) is 2.35. The molecule has 0 aromatic heterocycles. The first-order chi connectivity index (χ1) is 9.06. The van der Waals surface area contributed by atoms with Gasteiger partial charge in [-0.3, -0.25) is 15.0 Å². The third kappa shape index (κ3) is 3.60. The summed E-state index contributed by atoms with van der Waals surface area (Å²) in [6, 6.07) is 6.34. The summed E-state index contributed by atoms with van der Waals surface area (Å²) in [4.78, 5) is 12.1. The van der Waals surface area contributed by atoms with E-state index in [2.05, 4.69) is 5.32 Å². The SMILES string of the molecule is O=[N+]([O-])c1ccccc1N[C@@H]1CCN(CC(F)F)C1. The van der Waals surface area contributed by atoms with E-state index in [0.717, 1.165) is 0 Å². The van der Waals surface area contributed by atoms with E-state index in [4.69, 9.17) is 0 Å². The van der Waals surface area contributed by atoms with Crippen LogP contribution in [0.3, 0.4) is 0 Å². The lowest BCUT2D eigenvalue weighted by Gasteiger charge is -2.16. The van der Waals surface area contributed by atoms with Gasteiger partial charge in [-0.2, -0.15) is 0 Å². The van der Waals surface area contributed by atoms with Gasteiger partial charge >= 0.3 is 0 Å². The van der Waals surface area contributed by atoms with Gasteiger partial charge in [-0.1, -0.05) is 12.1 Å². The molecule has 0 saturated carbocycles. The van der Waals surface area contributed by atoms with Crippen LogP contribution in [0.1, 0.15) is 6.42 Å². The van der Waals surface area contributed by atoms with Crippen molar-refractivity contribution in [1.82, 2.24) is 4.90 Å². The quantitative estimate of drug-likeness (QED) is 0.659. The molecule has 7 heteroatoms. The summed E-state index contributed by atoms with van der Waals surface area (Å²) in [6.07, 6.45) is -1.64. The highest BCUT2D eigenvalue weighted by molar-refractivity contribution is 5.61. The predicted molar refractivity (Wildman–Crippen MR) is 67.6 cm³/mol. The van der Waals surface area contributed by atoms with Crippen LogP contribution in [0.2, 0.25) is 0 Å². The summed E-state index contributed by atoms with van der Waals surface area (Å²) < 4.78 is 24.5. The third-order valence-electron chi connectivity index (χ3n) is 3.13. The molecule has 2 rings (SSSR count). The molecule has 0 spiro atoms. The molecule has 104 valence electrons. The van der Waals surface area contributed by atoms with Crippen LogP contribution >= 0.6 is 0 Å². The number of alkyl halides is 2. The van der Waals surface area contributed by atoms with E-state index in [9.17, 15) is 18.9 Å². The lowest BCUT2D eigenvalue weighted by molar-refractivity contribution is -0.384. The van der Waals surface area contributed by atoms with Crippen LogP contribution in [0.4, 0.5) is 20.2 Å². The van der Waals surface area contributed by atoms with Gasteiger partial charge in [0.25, 0.3) is 12.1 Å². The summed E-state index contributed by atoms with van der Waals surface area (Å²) in [5.74, 6) is 0. The zero-order chi connectivity index (χ0) is 13.8. The van der Waals surface area contributed by atoms with E-state index in [0.29, 0.717) is 25.2 Å². The van der Waals surface area contributed by atoms with Gasteiger partial charge < -0.3 is 5.32 Å². The Kier molecular flexibility index (Phi) is 4.26. The van der Waals surface area contributed by atoms with Crippen LogP contribution in [-0.2, 0) is 0 Å². The van der Waals surface area contributed by atoms with Gasteiger partial charge in [0.1, 0.15) is 5.69 Å². The number of nitro benzene ring substituents is 1. The second kappa shape index (κ2) is 5.92. The minimum absolute atomic E-state index is 0.00908. The molecular formula is C12H15F2N3O2. The summed E-state index contributed by atoms with van der Waals surface area (Å²) in [5.41, 5.74) is 0.450. The summed E-state index contributed by atoms with van der Waals surface area (Å²) >= 11 is 0. The summed E-state index contributed by atoms with van der Waals surface area (Å²) in [5, 5.41) is 13.9. The van der Waals surface area contributed by atoms with Gasteiger partial charge in [0, 0.05) is 25.2 Å². The summed E-state index contributed by atoms with van der Waals surface area (Å²) in [7, 11) is 0. The number of benzene rings is 1. The number of rotatable bonds is 5. The van der Waals surface area contributed by atoms with Crippen molar-refractivity contribution in [3.8, 4) is 0 Å². The summed E-state index contributed by atoms with van der Waals surface area (Å²) in [6.45, 7) is 0.827. The van der Waals surface area contributed by atoms with E-state index in [1.165, 1.54) is 6.07 Å². The number of nitrogens with one attached hydrogen (secondary N) is 1. The van der Waals surface area contributed by atoms with Crippen molar-refractivity contribution < 1.29 is 13.7 Å². The van der Waals surface area contributed by atoms with Crippen LogP contribution in [0.5, 0.6) is 0 Å². The van der Waals surface area contributed by atoms with Crippen LogP contribution in [0, 0.1) is 10.1 Å². The lowest BCUT2D eigenvalue weighted by Crippen LogP contribution is -2.30. The van der Waals surface area contributed by atoms with Crippen LogP contribution in [-0.4, -0.2) is 41.9 Å². The van der Waals surface area contributed by atoms with Crippen LogP contribution < -0.4 is 5.32 Å². The van der Waals surface area contributed by atoms with Crippen molar-refractivity contribution in [1.29, 1.82) is 0 Å². The second-order valence-electron chi connectivity index (χ2n) is 4.55. The van der Waals surface area contributed by atoms with Gasteiger partial charge in [0.2, 0.25) is 0 Å². The van der Waals surface area contributed by atoms with E-state index in [1.54, 1.807) is 23.1 Å². The minimum Gasteiger partial charge on any atom is -0.375 e. The maximum atomic E-state index is 12.3. The molecule has 0 amide bonds. The molecule has 1 saturated heterocycles. The molecule has 1 atom stereocenters. The van der Waals surface area contributed by atoms with E-state index in [1.807, 2.05) is 0 Å². The van der Waals surface area contributed by atoms with Crippen LogP contribution in [0.15, 0.2) is 24.3 Å². The Labute approximate surface area is 109 Å². The second-order valence-corrected chi connectivity index (χ2v) is 4.55. The Hall–Kier alpha value is -1.76. The van der Waals surface area contributed by atoms with Crippen molar-refractivity contribution in [3.05, 3.63) is 34.4 Å². The first kappa shape index (κ1) is 13.7. The number of anilines is 1. The maximum absolute atomic E-state index is 12.3. The lowest BCUT2D eigenvalue weighted by atomic mass is 10.2. The molecule has 1 N–H and O–H groups in total. The molecule has 0 unspecified atom stereocenters. The Morgan fingerprint density at radius 1 is 1.47 bits per heavy atom. The van der Waals surface area contributed by atoms with Gasteiger partial charge in [-0.05, 0) is 12.5 Å². The van der Waals surface area contributed by atoms with Gasteiger partial charge in [0.15, 0.2) is 0 Å². The fourth-order valence-electron chi connectivity index (χ4n) is 2.29. The fourth-order valence-corrected chi connectivity index (χ4v) is 2.29. The zero-order valence-corrected chi connectivity index (χ0v) is 10.3. The highest BCUT2D eigenvalue weighted by atomic mass is 19.3. The average Bonchev–Trinajstić information content (AvgIpc) is 2.76. The molecule has 5 nitrogen and oxygen atoms in total. The van der Waals surface area contributed by atoms with E-state index >= 15 is 0 Å². The first-order valence-electron chi connectivity index (χ1n) is 6.06. The number of nitro groups is 1. The molecular weight excluding hydrogens is 256 g/mol. The van der Waals surface area contributed by atoms with Crippen molar-refractivity contribution in [3.63, 3.8) is 0 Å². The van der Waals surface area contributed by atoms with E-state index < -0.39 is 11.3 Å². The topological polar surface area (TPSA) is 58.4 Å². The zero-order valence-electron chi connectivity index (χ0n) is 10.3.